The van der Waals surface area contributed by atoms with Crippen molar-refractivity contribution >= 4 is 11.8 Å². The molecule has 2 aliphatic rings. The van der Waals surface area contributed by atoms with Crippen molar-refractivity contribution in [2.24, 2.45) is 11.3 Å². The van der Waals surface area contributed by atoms with Crippen molar-refractivity contribution in [3.8, 4) is 0 Å². The molecule has 0 spiro atoms. The zero-order valence-electron chi connectivity index (χ0n) is 13.7. The molecule has 22 heavy (non-hydrogen) atoms. The molecule has 3 unspecified atom stereocenters. The van der Waals surface area contributed by atoms with Crippen molar-refractivity contribution in [2.45, 2.75) is 38.9 Å². The molecule has 5 heteroatoms. The Kier molecular flexibility index (Phi) is 3.85. The minimum absolute atomic E-state index is 0.0683. The van der Waals surface area contributed by atoms with Crippen LogP contribution in [0.4, 0.5) is 5.82 Å². The SMILES string of the molecule is CN(C)c1cc(C(=O)OC2C3CCCOC3C2(C)C)ccn1. The van der Waals surface area contributed by atoms with Gasteiger partial charge in [-0.05, 0) is 25.0 Å². The number of esters is 1. The van der Waals surface area contributed by atoms with Gasteiger partial charge in [-0.25, -0.2) is 9.78 Å². The number of carbonyl (C=O) groups is 1. The molecule has 0 N–H and O–H groups in total. The van der Waals surface area contributed by atoms with Crippen LogP contribution in [-0.4, -0.2) is 43.9 Å². The molecule has 120 valence electrons. The van der Waals surface area contributed by atoms with Crippen molar-refractivity contribution in [3.63, 3.8) is 0 Å². The monoisotopic (exact) mass is 304 g/mol. The van der Waals surface area contributed by atoms with E-state index < -0.39 is 0 Å². The van der Waals surface area contributed by atoms with Crippen LogP contribution >= 0.6 is 0 Å². The van der Waals surface area contributed by atoms with Crippen molar-refractivity contribution in [2.75, 3.05) is 25.6 Å². The normalized spacial score (nSPS) is 29.2. The predicted octanol–water partition coefficient (Wildman–Crippen LogP) is 2.51. The fourth-order valence-corrected chi connectivity index (χ4v) is 3.69. The standard InChI is InChI=1S/C17H24N2O3/c1-17(2)14-12(6-5-9-21-14)15(17)22-16(20)11-7-8-18-13(10-11)19(3)4/h7-8,10,12,14-15H,5-6,9H2,1-4H3. The highest BCUT2D eigenvalue weighted by Gasteiger charge is 2.60. The van der Waals surface area contributed by atoms with E-state index in [9.17, 15) is 4.79 Å². The molecular weight excluding hydrogens is 280 g/mol. The number of pyridine rings is 1. The van der Waals surface area contributed by atoms with Crippen LogP contribution < -0.4 is 4.90 Å². The predicted molar refractivity (Wildman–Crippen MR) is 84.0 cm³/mol. The van der Waals surface area contributed by atoms with Gasteiger partial charge in [0.05, 0.1) is 11.7 Å². The summed E-state index contributed by atoms with van der Waals surface area (Å²) >= 11 is 0. The Labute approximate surface area is 131 Å². The fraction of sp³-hybridized carbons (Fsp3) is 0.647. The molecule has 2 fully saturated rings. The maximum atomic E-state index is 12.5. The van der Waals surface area contributed by atoms with Gasteiger partial charge in [0, 0.05) is 38.2 Å². The van der Waals surface area contributed by atoms with E-state index in [-0.39, 0.29) is 23.6 Å². The molecule has 3 rings (SSSR count). The highest BCUT2D eigenvalue weighted by Crippen LogP contribution is 2.53. The first-order valence-electron chi connectivity index (χ1n) is 7.87. The van der Waals surface area contributed by atoms with E-state index in [1.165, 1.54) is 0 Å². The smallest absolute Gasteiger partial charge is 0.338 e. The van der Waals surface area contributed by atoms with Gasteiger partial charge in [0.25, 0.3) is 0 Å². The Balaban J connectivity index is 1.73. The van der Waals surface area contributed by atoms with Gasteiger partial charge in [-0.3, -0.25) is 0 Å². The van der Waals surface area contributed by atoms with Crippen LogP contribution in [0.5, 0.6) is 0 Å². The lowest BCUT2D eigenvalue weighted by Gasteiger charge is -2.58. The summed E-state index contributed by atoms with van der Waals surface area (Å²) < 4.78 is 11.7. The topological polar surface area (TPSA) is 51.7 Å². The number of anilines is 1. The van der Waals surface area contributed by atoms with E-state index in [0.29, 0.717) is 11.5 Å². The highest BCUT2D eigenvalue weighted by atomic mass is 16.6. The summed E-state index contributed by atoms with van der Waals surface area (Å²) in [5, 5.41) is 0. The van der Waals surface area contributed by atoms with Gasteiger partial charge in [0.15, 0.2) is 0 Å². The molecule has 3 atom stereocenters. The van der Waals surface area contributed by atoms with Crippen molar-refractivity contribution in [3.05, 3.63) is 23.9 Å². The Morgan fingerprint density at radius 3 is 2.95 bits per heavy atom. The number of rotatable bonds is 3. The van der Waals surface area contributed by atoms with Gasteiger partial charge in [-0.2, -0.15) is 0 Å². The van der Waals surface area contributed by atoms with Gasteiger partial charge < -0.3 is 14.4 Å². The van der Waals surface area contributed by atoms with E-state index in [0.717, 1.165) is 25.3 Å². The highest BCUT2D eigenvalue weighted by molar-refractivity contribution is 5.90. The summed E-state index contributed by atoms with van der Waals surface area (Å²) in [4.78, 5) is 18.6. The zero-order chi connectivity index (χ0) is 15.9. The molecule has 2 heterocycles. The Hall–Kier alpha value is -1.62. The molecule has 1 aliphatic heterocycles. The summed E-state index contributed by atoms with van der Waals surface area (Å²) in [7, 11) is 3.80. The molecular formula is C17H24N2O3. The van der Waals surface area contributed by atoms with E-state index in [4.69, 9.17) is 9.47 Å². The second-order valence-electron chi connectivity index (χ2n) is 7.04. The molecule has 0 bridgehead atoms. The van der Waals surface area contributed by atoms with Gasteiger partial charge in [-0.15, -0.1) is 0 Å². The lowest BCUT2D eigenvalue weighted by Crippen LogP contribution is -2.65. The number of aromatic nitrogens is 1. The summed E-state index contributed by atoms with van der Waals surface area (Å²) in [6, 6.07) is 3.47. The largest absolute Gasteiger partial charge is 0.458 e. The zero-order valence-corrected chi connectivity index (χ0v) is 13.7. The molecule has 1 saturated carbocycles. The maximum absolute atomic E-state index is 12.5. The van der Waals surface area contributed by atoms with Crippen LogP contribution in [0.15, 0.2) is 18.3 Å². The maximum Gasteiger partial charge on any atom is 0.338 e. The van der Waals surface area contributed by atoms with Crippen LogP contribution in [0.3, 0.4) is 0 Å². The van der Waals surface area contributed by atoms with Crippen LogP contribution in [0.2, 0.25) is 0 Å². The molecule has 1 aliphatic carbocycles. The minimum atomic E-state index is -0.271. The quantitative estimate of drug-likeness (QED) is 0.803. The minimum Gasteiger partial charge on any atom is -0.458 e. The van der Waals surface area contributed by atoms with Gasteiger partial charge in [0.2, 0.25) is 0 Å². The van der Waals surface area contributed by atoms with Crippen molar-refractivity contribution in [1.82, 2.24) is 4.98 Å². The number of hydrogen-bond donors (Lipinski definition) is 0. The Morgan fingerprint density at radius 1 is 1.45 bits per heavy atom. The van der Waals surface area contributed by atoms with Crippen LogP contribution in [0.1, 0.15) is 37.0 Å². The first-order chi connectivity index (χ1) is 10.4. The average Bonchev–Trinajstić information content (AvgIpc) is 2.52. The molecule has 0 radical (unpaired) electrons. The van der Waals surface area contributed by atoms with Crippen LogP contribution in [0.25, 0.3) is 0 Å². The first kappa shape index (κ1) is 15.3. The number of fused-ring (bicyclic) bond motifs is 1. The van der Waals surface area contributed by atoms with E-state index in [1.54, 1.807) is 18.3 Å². The number of hydrogen-bond acceptors (Lipinski definition) is 5. The Bertz CT molecular complexity index is 571. The van der Waals surface area contributed by atoms with Gasteiger partial charge >= 0.3 is 5.97 Å². The summed E-state index contributed by atoms with van der Waals surface area (Å²) in [6.07, 6.45) is 3.91. The number of nitrogens with zero attached hydrogens (tertiary/aromatic N) is 2. The van der Waals surface area contributed by atoms with E-state index in [2.05, 4.69) is 18.8 Å². The number of ether oxygens (including phenoxy) is 2. The third kappa shape index (κ3) is 2.47. The van der Waals surface area contributed by atoms with Crippen LogP contribution in [-0.2, 0) is 9.47 Å². The Morgan fingerprint density at radius 2 is 2.23 bits per heavy atom. The third-order valence-corrected chi connectivity index (χ3v) is 4.90. The molecule has 0 aromatic carbocycles. The number of carbonyl (C=O) groups excluding carboxylic acids is 1. The molecule has 1 saturated heterocycles. The second-order valence-corrected chi connectivity index (χ2v) is 7.04. The van der Waals surface area contributed by atoms with Crippen molar-refractivity contribution < 1.29 is 14.3 Å². The summed E-state index contributed by atoms with van der Waals surface area (Å²) in [5.74, 6) is 0.816. The van der Waals surface area contributed by atoms with E-state index >= 15 is 0 Å². The molecule has 1 aromatic heterocycles. The first-order valence-corrected chi connectivity index (χ1v) is 7.87. The second kappa shape index (κ2) is 5.54. The van der Waals surface area contributed by atoms with Gasteiger partial charge in [0.1, 0.15) is 11.9 Å². The van der Waals surface area contributed by atoms with Crippen LogP contribution in [0, 0.1) is 11.3 Å². The lowest BCUT2D eigenvalue weighted by atomic mass is 9.57. The third-order valence-electron chi connectivity index (χ3n) is 4.90. The molecule has 0 amide bonds. The van der Waals surface area contributed by atoms with Gasteiger partial charge in [-0.1, -0.05) is 13.8 Å². The fourth-order valence-electron chi connectivity index (χ4n) is 3.69. The van der Waals surface area contributed by atoms with E-state index in [1.807, 2.05) is 19.0 Å². The van der Waals surface area contributed by atoms with Crippen molar-refractivity contribution in [1.29, 1.82) is 0 Å². The summed E-state index contributed by atoms with van der Waals surface area (Å²) in [5.41, 5.74) is 0.438. The average molecular weight is 304 g/mol. The summed E-state index contributed by atoms with van der Waals surface area (Å²) in [6.45, 7) is 5.06. The lowest BCUT2D eigenvalue weighted by molar-refractivity contribution is -0.243. The molecule has 5 nitrogen and oxygen atoms in total. The molecule has 1 aromatic rings.